The van der Waals surface area contributed by atoms with Crippen molar-refractivity contribution in [1.82, 2.24) is 20.0 Å². The van der Waals surface area contributed by atoms with Gasteiger partial charge in [-0.1, -0.05) is 0 Å². The number of piperidine rings is 1. The average molecular weight is 278 g/mol. The number of ether oxygens (including phenoxy) is 1. The van der Waals surface area contributed by atoms with Gasteiger partial charge in [-0.15, -0.1) is 0 Å². The highest BCUT2D eigenvalue weighted by Crippen LogP contribution is 2.33. The molecule has 0 spiro atoms. The summed E-state index contributed by atoms with van der Waals surface area (Å²) < 4.78 is 7.75. The second-order valence-corrected chi connectivity index (χ2v) is 5.82. The summed E-state index contributed by atoms with van der Waals surface area (Å²) in [6, 6.07) is 0. The molecule has 2 aliphatic rings. The molecule has 110 valence electrons. The lowest BCUT2D eigenvalue weighted by Crippen LogP contribution is -2.42. The number of aryl methyl sites for hydroxylation is 1. The van der Waals surface area contributed by atoms with Crippen molar-refractivity contribution in [3.63, 3.8) is 0 Å². The zero-order chi connectivity index (χ0) is 14.1. The molecule has 0 unspecified atom stereocenters. The second kappa shape index (κ2) is 5.54. The van der Waals surface area contributed by atoms with Crippen molar-refractivity contribution in [2.24, 2.45) is 13.0 Å². The number of nitrogens with zero attached hydrogens (tertiary/aromatic N) is 3. The first-order chi connectivity index (χ1) is 9.65. The van der Waals surface area contributed by atoms with Crippen molar-refractivity contribution >= 4 is 5.91 Å². The van der Waals surface area contributed by atoms with Gasteiger partial charge in [0.25, 0.3) is 0 Å². The largest absolute Gasteiger partial charge is 0.364 e. The monoisotopic (exact) mass is 278 g/mol. The number of amides is 1. The van der Waals surface area contributed by atoms with E-state index in [0.29, 0.717) is 5.92 Å². The fourth-order valence-corrected chi connectivity index (χ4v) is 3.28. The standard InChI is InChI=1S/C14H22N4O2/c1-15-14(19)12-5-11-3-4-18(9-13(11)20-12)8-10-6-16-17(2)7-10/h6-7,11-13H,3-5,8-9H2,1-2H3,(H,15,19)/t11-,12+,13-/m0/s1. The maximum absolute atomic E-state index is 11.7. The van der Waals surface area contributed by atoms with Gasteiger partial charge in [-0.3, -0.25) is 14.4 Å². The molecule has 0 saturated carbocycles. The molecule has 6 heteroatoms. The minimum Gasteiger partial charge on any atom is -0.364 e. The van der Waals surface area contributed by atoms with Crippen LogP contribution in [0.25, 0.3) is 0 Å². The zero-order valence-corrected chi connectivity index (χ0v) is 12.1. The van der Waals surface area contributed by atoms with E-state index in [1.165, 1.54) is 5.56 Å². The smallest absolute Gasteiger partial charge is 0.248 e. The average Bonchev–Trinajstić information content (AvgIpc) is 3.03. The van der Waals surface area contributed by atoms with Gasteiger partial charge >= 0.3 is 0 Å². The van der Waals surface area contributed by atoms with Gasteiger partial charge in [-0.05, 0) is 25.3 Å². The second-order valence-electron chi connectivity index (χ2n) is 5.82. The van der Waals surface area contributed by atoms with Gasteiger partial charge in [0.2, 0.25) is 5.91 Å². The van der Waals surface area contributed by atoms with Crippen molar-refractivity contribution in [3.05, 3.63) is 18.0 Å². The van der Waals surface area contributed by atoms with E-state index in [1.54, 1.807) is 7.05 Å². The van der Waals surface area contributed by atoms with E-state index in [9.17, 15) is 4.79 Å². The molecular weight excluding hydrogens is 256 g/mol. The molecule has 1 N–H and O–H groups in total. The van der Waals surface area contributed by atoms with Gasteiger partial charge in [-0.2, -0.15) is 5.10 Å². The van der Waals surface area contributed by atoms with Gasteiger partial charge < -0.3 is 10.1 Å². The van der Waals surface area contributed by atoms with Crippen LogP contribution in [0.4, 0.5) is 0 Å². The first-order valence-corrected chi connectivity index (χ1v) is 7.22. The lowest BCUT2D eigenvalue weighted by molar-refractivity contribution is -0.132. The number of carbonyl (C=O) groups is 1. The SMILES string of the molecule is CNC(=O)[C@H]1C[C@@H]2CCN(Cc3cnn(C)c3)C[C@@H]2O1. The molecule has 3 heterocycles. The normalized spacial score (nSPS) is 30.2. The first-order valence-electron chi connectivity index (χ1n) is 7.22. The van der Waals surface area contributed by atoms with Crippen molar-refractivity contribution in [2.75, 3.05) is 20.1 Å². The highest BCUT2D eigenvalue weighted by Gasteiger charge is 2.41. The summed E-state index contributed by atoms with van der Waals surface area (Å²) in [4.78, 5) is 14.1. The third-order valence-corrected chi connectivity index (χ3v) is 4.34. The number of likely N-dealkylation sites (N-methyl/N-ethyl adjacent to an activating group) is 1. The van der Waals surface area contributed by atoms with Crippen LogP contribution in [0.5, 0.6) is 0 Å². The predicted octanol–water partition coefficient (Wildman–Crippen LogP) is 0.145. The van der Waals surface area contributed by atoms with E-state index in [4.69, 9.17) is 4.74 Å². The number of aromatic nitrogens is 2. The van der Waals surface area contributed by atoms with Crippen molar-refractivity contribution < 1.29 is 9.53 Å². The molecule has 2 saturated heterocycles. The number of fused-ring (bicyclic) bond motifs is 1. The Bertz CT molecular complexity index is 487. The summed E-state index contributed by atoms with van der Waals surface area (Å²) in [7, 11) is 3.60. The fraction of sp³-hybridized carbons (Fsp3) is 0.714. The Morgan fingerprint density at radius 3 is 3.15 bits per heavy atom. The Labute approximate surface area is 119 Å². The zero-order valence-electron chi connectivity index (χ0n) is 12.1. The summed E-state index contributed by atoms with van der Waals surface area (Å²) in [5.74, 6) is 0.542. The number of hydrogen-bond donors (Lipinski definition) is 1. The molecule has 3 rings (SSSR count). The molecule has 6 nitrogen and oxygen atoms in total. The van der Waals surface area contributed by atoms with Crippen LogP contribution >= 0.6 is 0 Å². The fourth-order valence-electron chi connectivity index (χ4n) is 3.28. The van der Waals surface area contributed by atoms with E-state index in [-0.39, 0.29) is 18.1 Å². The number of hydrogen-bond acceptors (Lipinski definition) is 4. The minimum absolute atomic E-state index is 0.0122. The van der Waals surface area contributed by atoms with E-state index in [0.717, 1.165) is 32.5 Å². The number of likely N-dealkylation sites (tertiary alicyclic amines) is 1. The molecule has 2 aliphatic heterocycles. The van der Waals surface area contributed by atoms with Gasteiger partial charge in [0.05, 0.1) is 12.3 Å². The third kappa shape index (κ3) is 2.71. The number of nitrogens with one attached hydrogen (secondary N) is 1. The van der Waals surface area contributed by atoms with Crippen LogP contribution in [0, 0.1) is 5.92 Å². The molecule has 0 bridgehead atoms. The molecule has 0 aliphatic carbocycles. The van der Waals surface area contributed by atoms with E-state index < -0.39 is 0 Å². The lowest BCUT2D eigenvalue weighted by Gasteiger charge is -2.33. The van der Waals surface area contributed by atoms with Crippen LogP contribution in [0.2, 0.25) is 0 Å². The maximum Gasteiger partial charge on any atom is 0.248 e. The van der Waals surface area contributed by atoms with Crippen LogP contribution < -0.4 is 5.32 Å². The van der Waals surface area contributed by atoms with Crippen molar-refractivity contribution in [2.45, 2.75) is 31.6 Å². The molecule has 0 radical (unpaired) electrons. The van der Waals surface area contributed by atoms with Crippen molar-refractivity contribution in [3.8, 4) is 0 Å². The summed E-state index contributed by atoms with van der Waals surface area (Å²) in [6.07, 6.45) is 5.88. The van der Waals surface area contributed by atoms with E-state index in [2.05, 4.69) is 21.5 Å². The molecule has 3 atom stereocenters. The maximum atomic E-state index is 11.7. The summed E-state index contributed by atoms with van der Waals surface area (Å²) in [6.45, 7) is 2.89. The third-order valence-electron chi connectivity index (χ3n) is 4.34. The highest BCUT2D eigenvalue weighted by molar-refractivity contribution is 5.80. The van der Waals surface area contributed by atoms with Crippen LogP contribution in [-0.4, -0.2) is 52.9 Å². The Hall–Kier alpha value is -1.40. The quantitative estimate of drug-likeness (QED) is 0.855. The minimum atomic E-state index is -0.256. The molecule has 1 aromatic heterocycles. The van der Waals surface area contributed by atoms with Gasteiger partial charge in [0.15, 0.2) is 0 Å². The van der Waals surface area contributed by atoms with Crippen LogP contribution in [0.3, 0.4) is 0 Å². The van der Waals surface area contributed by atoms with Crippen molar-refractivity contribution in [1.29, 1.82) is 0 Å². The molecule has 0 aromatic carbocycles. The lowest BCUT2D eigenvalue weighted by atomic mass is 9.91. The molecule has 1 aromatic rings. The highest BCUT2D eigenvalue weighted by atomic mass is 16.5. The number of rotatable bonds is 3. The molecule has 20 heavy (non-hydrogen) atoms. The molecular formula is C14H22N4O2. The Morgan fingerprint density at radius 1 is 1.60 bits per heavy atom. The van der Waals surface area contributed by atoms with Gasteiger partial charge in [0.1, 0.15) is 6.10 Å². The van der Waals surface area contributed by atoms with Crippen LogP contribution in [0.15, 0.2) is 12.4 Å². The molecule has 2 fully saturated rings. The Kier molecular flexibility index (Phi) is 3.76. The van der Waals surface area contributed by atoms with Crippen LogP contribution in [0.1, 0.15) is 18.4 Å². The Balaban J connectivity index is 1.57. The summed E-state index contributed by atoms with van der Waals surface area (Å²) in [5.41, 5.74) is 1.23. The van der Waals surface area contributed by atoms with Crippen LogP contribution in [-0.2, 0) is 23.1 Å². The summed E-state index contributed by atoms with van der Waals surface area (Å²) in [5, 5.41) is 6.88. The summed E-state index contributed by atoms with van der Waals surface area (Å²) >= 11 is 0. The first kappa shape index (κ1) is 13.6. The number of carbonyl (C=O) groups excluding carboxylic acids is 1. The van der Waals surface area contributed by atoms with Gasteiger partial charge in [-0.25, -0.2) is 0 Å². The van der Waals surface area contributed by atoms with Gasteiger partial charge in [0, 0.05) is 38.9 Å². The molecule has 1 amide bonds. The van der Waals surface area contributed by atoms with E-state index >= 15 is 0 Å². The Morgan fingerprint density at radius 2 is 2.45 bits per heavy atom. The topological polar surface area (TPSA) is 59.4 Å². The predicted molar refractivity (Wildman–Crippen MR) is 73.9 cm³/mol. The van der Waals surface area contributed by atoms with E-state index in [1.807, 2.05) is 17.9 Å².